The second-order valence-corrected chi connectivity index (χ2v) is 6.45. The van der Waals surface area contributed by atoms with Gasteiger partial charge in [0.05, 0.1) is 5.56 Å². The highest BCUT2D eigenvalue weighted by Crippen LogP contribution is 2.32. The summed E-state index contributed by atoms with van der Waals surface area (Å²) >= 11 is 1.19. The number of fused-ring (bicyclic) bond motifs is 1. The van der Waals surface area contributed by atoms with Gasteiger partial charge in [-0.05, 0) is 43.2 Å². The van der Waals surface area contributed by atoms with Gasteiger partial charge in [-0.15, -0.1) is 0 Å². The van der Waals surface area contributed by atoms with Crippen molar-refractivity contribution in [2.24, 2.45) is 5.92 Å². The summed E-state index contributed by atoms with van der Waals surface area (Å²) in [6.07, 6.45) is 3.49. The molecule has 0 saturated heterocycles. The average Bonchev–Trinajstić information content (AvgIpc) is 2.43. The molecular weight excluding hydrogens is 272 g/mol. The maximum absolute atomic E-state index is 11.1. The smallest absolute Gasteiger partial charge is 0.317 e. The fraction of sp³-hybridized carbons (Fsp3) is 0.533. The van der Waals surface area contributed by atoms with Crippen LogP contribution in [0.25, 0.3) is 0 Å². The number of carboxylic acids is 1. The molecule has 106 valence electrons. The van der Waals surface area contributed by atoms with Crippen LogP contribution in [0.15, 0.2) is 11.1 Å². The van der Waals surface area contributed by atoms with E-state index in [0.717, 1.165) is 30.5 Å². The summed E-state index contributed by atoms with van der Waals surface area (Å²) in [5.74, 6) is -0.230. The van der Waals surface area contributed by atoms with E-state index in [0.29, 0.717) is 22.9 Å². The number of hydrogen-bond donors (Lipinski definition) is 1. The van der Waals surface area contributed by atoms with Gasteiger partial charge in [0.1, 0.15) is 16.3 Å². The first kappa shape index (κ1) is 14.9. The summed E-state index contributed by atoms with van der Waals surface area (Å²) in [7, 11) is 0. The molecule has 4 nitrogen and oxygen atoms in total. The molecule has 0 saturated carbocycles. The number of nitrogens with zero attached hydrogens (tertiary/aromatic N) is 2. The van der Waals surface area contributed by atoms with E-state index in [9.17, 15) is 10.1 Å². The summed E-state index contributed by atoms with van der Waals surface area (Å²) in [6, 6.07) is 4.05. The van der Waals surface area contributed by atoms with Crippen molar-refractivity contribution in [3.8, 4) is 6.07 Å². The van der Waals surface area contributed by atoms with Gasteiger partial charge in [0.15, 0.2) is 0 Å². The Labute approximate surface area is 123 Å². The van der Waals surface area contributed by atoms with Gasteiger partial charge in [-0.25, -0.2) is 4.98 Å². The molecule has 0 aliphatic heterocycles. The lowest BCUT2D eigenvalue weighted by Gasteiger charge is -2.22. The predicted octanol–water partition coefficient (Wildman–Crippen LogP) is 3.03. The molecule has 0 amide bonds. The van der Waals surface area contributed by atoms with E-state index >= 15 is 0 Å². The van der Waals surface area contributed by atoms with Crippen LogP contribution in [0.1, 0.15) is 43.5 Å². The van der Waals surface area contributed by atoms with Gasteiger partial charge in [0.25, 0.3) is 0 Å². The Kier molecular flexibility index (Phi) is 4.66. The number of pyridine rings is 1. The van der Waals surface area contributed by atoms with Crippen LogP contribution in [-0.2, 0) is 17.6 Å². The van der Waals surface area contributed by atoms with Crippen LogP contribution >= 0.6 is 11.8 Å². The van der Waals surface area contributed by atoms with Crippen molar-refractivity contribution in [2.75, 3.05) is 0 Å². The molecule has 2 unspecified atom stereocenters. The largest absolute Gasteiger partial charge is 0.480 e. The first-order chi connectivity index (χ1) is 9.55. The summed E-state index contributed by atoms with van der Waals surface area (Å²) < 4.78 is 0. The molecule has 1 aromatic rings. The average molecular weight is 290 g/mol. The molecule has 0 aromatic carbocycles. The zero-order valence-corrected chi connectivity index (χ0v) is 12.5. The van der Waals surface area contributed by atoms with Crippen molar-refractivity contribution >= 4 is 17.7 Å². The Bertz CT molecular complexity index is 566. The Balaban J connectivity index is 2.34. The summed E-state index contributed by atoms with van der Waals surface area (Å²) in [4.78, 5) is 15.7. The molecule has 0 radical (unpaired) electrons. The third kappa shape index (κ3) is 3.13. The number of nitriles is 1. The number of aromatic nitrogens is 1. The fourth-order valence-corrected chi connectivity index (χ4v) is 3.37. The molecule has 0 fully saturated rings. The lowest BCUT2D eigenvalue weighted by Crippen LogP contribution is -2.17. The van der Waals surface area contributed by atoms with Crippen molar-refractivity contribution in [3.63, 3.8) is 0 Å². The molecular formula is C15H18N2O2S. The Morgan fingerprint density at radius 1 is 1.70 bits per heavy atom. The number of rotatable bonds is 4. The van der Waals surface area contributed by atoms with Gasteiger partial charge < -0.3 is 5.11 Å². The highest BCUT2D eigenvalue weighted by atomic mass is 32.2. The number of aryl methyl sites for hydroxylation is 1. The van der Waals surface area contributed by atoms with Crippen molar-refractivity contribution < 1.29 is 9.90 Å². The minimum Gasteiger partial charge on any atom is -0.480 e. The lowest BCUT2D eigenvalue weighted by atomic mass is 9.87. The van der Waals surface area contributed by atoms with E-state index < -0.39 is 11.2 Å². The zero-order chi connectivity index (χ0) is 14.7. The maximum Gasteiger partial charge on any atom is 0.317 e. The Hall–Kier alpha value is -1.54. The first-order valence-electron chi connectivity index (χ1n) is 6.87. The quantitative estimate of drug-likeness (QED) is 0.863. The topological polar surface area (TPSA) is 74.0 Å². The summed E-state index contributed by atoms with van der Waals surface area (Å²) in [6.45, 7) is 4.03. The van der Waals surface area contributed by atoms with E-state index in [4.69, 9.17) is 5.11 Å². The van der Waals surface area contributed by atoms with Crippen molar-refractivity contribution in [2.45, 2.75) is 49.8 Å². The minimum absolute atomic E-state index is 0.502. The molecule has 0 spiro atoms. The van der Waals surface area contributed by atoms with Crippen LogP contribution in [0.2, 0.25) is 0 Å². The molecule has 1 aliphatic carbocycles. The van der Waals surface area contributed by atoms with Gasteiger partial charge in [0, 0.05) is 5.69 Å². The lowest BCUT2D eigenvalue weighted by molar-refractivity contribution is -0.136. The van der Waals surface area contributed by atoms with E-state index in [2.05, 4.69) is 18.0 Å². The summed E-state index contributed by atoms with van der Waals surface area (Å²) in [5, 5.41) is 18.4. The SMILES string of the molecule is CCC(Sc1nc2c(cc1C#N)CC(C)CC2)C(=O)O. The fourth-order valence-electron chi connectivity index (χ4n) is 2.44. The van der Waals surface area contributed by atoms with Gasteiger partial charge in [-0.3, -0.25) is 4.79 Å². The van der Waals surface area contributed by atoms with Crippen LogP contribution in [0.4, 0.5) is 0 Å². The highest BCUT2D eigenvalue weighted by Gasteiger charge is 2.23. The van der Waals surface area contributed by atoms with Crippen molar-refractivity contribution in [1.82, 2.24) is 4.98 Å². The molecule has 2 rings (SSSR count). The highest BCUT2D eigenvalue weighted by molar-refractivity contribution is 8.00. The third-order valence-corrected chi connectivity index (χ3v) is 4.97. The standard InChI is InChI=1S/C15H18N2O2S/c1-3-13(15(18)19)20-14-11(8-16)7-10-6-9(2)4-5-12(10)17-14/h7,9,13H,3-6H2,1-2H3,(H,18,19). The number of carboxylic acid groups (broad SMARTS) is 1. The van der Waals surface area contributed by atoms with Gasteiger partial charge >= 0.3 is 5.97 Å². The number of hydrogen-bond acceptors (Lipinski definition) is 4. The van der Waals surface area contributed by atoms with E-state index in [-0.39, 0.29) is 0 Å². The Morgan fingerprint density at radius 2 is 2.45 bits per heavy atom. The Morgan fingerprint density at radius 3 is 3.05 bits per heavy atom. The maximum atomic E-state index is 11.1. The number of carbonyl (C=O) groups is 1. The predicted molar refractivity (Wildman–Crippen MR) is 77.7 cm³/mol. The third-order valence-electron chi connectivity index (χ3n) is 3.62. The van der Waals surface area contributed by atoms with Crippen molar-refractivity contribution in [3.05, 3.63) is 22.9 Å². The minimum atomic E-state index is -0.852. The normalized spacial score (nSPS) is 18.9. The second-order valence-electron chi connectivity index (χ2n) is 5.26. The molecule has 1 N–H and O–H groups in total. The molecule has 0 bridgehead atoms. The van der Waals surface area contributed by atoms with Crippen LogP contribution in [0.3, 0.4) is 0 Å². The summed E-state index contributed by atoms with van der Waals surface area (Å²) in [5.41, 5.74) is 2.68. The van der Waals surface area contributed by atoms with E-state index in [1.54, 1.807) is 0 Å². The second kappa shape index (κ2) is 6.27. The molecule has 1 heterocycles. The number of aliphatic carboxylic acids is 1. The van der Waals surface area contributed by atoms with Gasteiger partial charge in [-0.1, -0.05) is 25.6 Å². The first-order valence-corrected chi connectivity index (χ1v) is 7.75. The zero-order valence-electron chi connectivity index (χ0n) is 11.7. The van der Waals surface area contributed by atoms with Gasteiger partial charge in [-0.2, -0.15) is 5.26 Å². The monoisotopic (exact) mass is 290 g/mol. The van der Waals surface area contributed by atoms with Crippen LogP contribution in [-0.4, -0.2) is 21.3 Å². The van der Waals surface area contributed by atoms with Gasteiger partial charge in [0.2, 0.25) is 0 Å². The van der Waals surface area contributed by atoms with E-state index in [1.807, 2.05) is 13.0 Å². The van der Waals surface area contributed by atoms with Crippen molar-refractivity contribution in [1.29, 1.82) is 5.26 Å². The van der Waals surface area contributed by atoms with Crippen LogP contribution in [0, 0.1) is 17.2 Å². The number of thioether (sulfide) groups is 1. The van der Waals surface area contributed by atoms with E-state index in [1.165, 1.54) is 11.8 Å². The van der Waals surface area contributed by atoms with Crippen LogP contribution < -0.4 is 0 Å². The molecule has 1 aromatic heterocycles. The van der Waals surface area contributed by atoms with Crippen LogP contribution in [0.5, 0.6) is 0 Å². The molecule has 1 aliphatic rings. The molecule has 20 heavy (non-hydrogen) atoms. The molecule has 2 atom stereocenters. The molecule has 5 heteroatoms.